The SMILES string of the molecule is N#Cc1ccc2c(c1)SCCN2. The zero-order valence-electron chi connectivity index (χ0n) is 6.50. The van der Waals surface area contributed by atoms with Gasteiger partial charge in [-0.05, 0) is 18.2 Å². The quantitative estimate of drug-likeness (QED) is 0.657. The maximum Gasteiger partial charge on any atom is 0.0992 e. The van der Waals surface area contributed by atoms with Crippen LogP contribution in [0.5, 0.6) is 0 Å². The standard InChI is InChI=1S/C9H8N2S/c10-6-7-1-2-8-9(5-7)12-4-3-11-8/h1-2,5,11H,3-4H2. The van der Waals surface area contributed by atoms with Crippen LogP contribution >= 0.6 is 11.8 Å². The fraction of sp³-hybridized carbons (Fsp3) is 0.222. The van der Waals surface area contributed by atoms with Crippen molar-refractivity contribution in [3.63, 3.8) is 0 Å². The highest BCUT2D eigenvalue weighted by atomic mass is 32.2. The van der Waals surface area contributed by atoms with E-state index in [1.165, 1.54) is 4.90 Å². The number of benzene rings is 1. The lowest BCUT2D eigenvalue weighted by Crippen LogP contribution is -2.09. The van der Waals surface area contributed by atoms with E-state index in [4.69, 9.17) is 5.26 Å². The first-order chi connectivity index (χ1) is 5.90. The van der Waals surface area contributed by atoms with Gasteiger partial charge in [-0.1, -0.05) is 0 Å². The first-order valence-corrected chi connectivity index (χ1v) is 4.79. The molecule has 3 heteroatoms. The molecule has 0 saturated carbocycles. The molecule has 12 heavy (non-hydrogen) atoms. The first-order valence-electron chi connectivity index (χ1n) is 3.81. The minimum atomic E-state index is 0.741. The highest BCUT2D eigenvalue weighted by molar-refractivity contribution is 7.99. The molecular weight excluding hydrogens is 168 g/mol. The smallest absolute Gasteiger partial charge is 0.0992 e. The summed E-state index contributed by atoms with van der Waals surface area (Å²) in [7, 11) is 0. The Morgan fingerprint density at radius 3 is 3.25 bits per heavy atom. The van der Waals surface area contributed by atoms with Gasteiger partial charge >= 0.3 is 0 Å². The van der Waals surface area contributed by atoms with E-state index in [2.05, 4.69) is 11.4 Å². The highest BCUT2D eigenvalue weighted by Gasteiger charge is 2.08. The van der Waals surface area contributed by atoms with Crippen molar-refractivity contribution in [2.75, 3.05) is 17.6 Å². The summed E-state index contributed by atoms with van der Waals surface area (Å²) in [5.74, 6) is 1.09. The zero-order chi connectivity index (χ0) is 8.39. The summed E-state index contributed by atoms with van der Waals surface area (Å²) < 4.78 is 0. The third-order valence-corrected chi connectivity index (χ3v) is 2.84. The van der Waals surface area contributed by atoms with Crippen molar-refractivity contribution in [2.24, 2.45) is 0 Å². The van der Waals surface area contributed by atoms with Crippen LogP contribution < -0.4 is 5.32 Å². The summed E-state index contributed by atoms with van der Waals surface area (Å²) >= 11 is 1.80. The van der Waals surface area contributed by atoms with E-state index in [1.54, 1.807) is 11.8 Å². The van der Waals surface area contributed by atoms with Gasteiger partial charge in [0, 0.05) is 22.9 Å². The predicted octanol–water partition coefficient (Wildman–Crippen LogP) is 2.08. The molecule has 0 aromatic heterocycles. The number of nitriles is 1. The van der Waals surface area contributed by atoms with E-state index in [1.807, 2.05) is 18.2 Å². The molecule has 0 amide bonds. The number of nitrogens with zero attached hydrogens (tertiary/aromatic N) is 1. The van der Waals surface area contributed by atoms with Gasteiger partial charge in [0.1, 0.15) is 0 Å². The van der Waals surface area contributed by atoms with Crippen molar-refractivity contribution in [2.45, 2.75) is 4.90 Å². The van der Waals surface area contributed by atoms with Gasteiger partial charge in [-0.15, -0.1) is 11.8 Å². The minimum absolute atomic E-state index is 0.741. The molecule has 0 unspecified atom stereocenters. The second kappa shape index (κ2) is 3.08. The molecule has 1 heterocycles. The maximum absolute atomic E-state index is 8.66. The number of hydrogen-bond donors (Lipinski definition) is 1. The highest BCUT2D eigenvalue weighted by Crippen LogP contribution is 2.31. The summed E-state index contributed by atoms with van der Waals surface area (Å²) in [4.78, 5) is 1.19. The van der Waals surface area contributed by atoms with E-state index in [0.717, 1.165) is 23.5 Å². The molecule has 0 bridgehead atoms. The van der Waals surface area contributed by atoms with E-state index < -0.39 is 0 Å². The topological polar surface area (TPSA) is 35.8 Å². The lowest BCUT2D eigenvalue weighted by Gasteiger charge is -2.16. The molecule has 60 valence electrons. The minimum Gasteiger partial charge on any atom is -0.383 e. The molecule has 2 rings (SSSR count). The van der Waals surface area contributed by atoms with Gasteiger partial charge in [0.25, 0.3) is 0 Å². The number of fused-ring (bicyclic) bond motifs is 1. The zero-order valence-corrected chi connectivity index (χ0v) is 7.32. The lowest BCUT2D eigenvalue weighted by molar-refractivity contribution is 1.17. The first kappa shape index (κ1) is 7.51. The molecular formula is C9H8N2S. The van der Waals surface area contributed by atoms with Crippen LogP contribution in [0.3, 0.4) is 0 Å². The summed E-state index contributed by atoms with van der Waals surface area (Å²) in [5, 5.41) is 11.9. The Bertz CT molecular complexity index is 341. The van der Waals surface area contributed by atoms with Gasteiger partial charge < -0.3 is 5.32 Å². The van der Waals surface area contributed by atoms with E-state index >= 15 is 0 Å². The molecule has 0 saturated heterocycles. The fourth-order valence-electron chi connectivity index (χ4n) is 1.20. The van der Waals surface area contributed by atoms with Crippen molar-refractivity contribution in [3.05, 3.63) is 23.8 Å². The molecule has 1 aliphatic heterocycles. The molecule has 0 aliphatic carbocycles. The predicted molar refractivity (Wildman–Crippen MR) is 50.4 cm³/mol. The Labute approximate surface area is 75.6 Å². The third kappa shape index (κ3) is 1.26. The molecule has 1 aliphatic rings. The number of nitrogens with one attached hydrogen (secondary N) is 1. The van der Waals surface area contributed by atoms with Crippen molar-refractivity contribution in [1.82, 2.24) is 0 Å². The van der Waals surface area contributed by atoms with Crippen LogP contribution in [0.1, 0.15) is 5.56 Å². The van der Waals surface area contributed by atoms with Gasteiger partial charge in [0.15, 0.2) is 0 Å². The molecule has 2 nitrogen and oxygen atoms in total. The van der Waals surface area contributed by atoms with Gasteiger partial charge in [-0.2, -0.15) is 5.26 Å². The van der Waals surface area contributed by atoms with Crippen molar-refractivity contribution >= 4 is 17.4 Å². The number of anilines is 1. The monoisotopic (exact) mass is 176 g/mol. The Hall–Kier alpha value is -1.14. The van der Waals surface area contributed by atoms with E-state index in [0.29, 0.717) is 0 Å². The number of rotatable bonds is 0. The Morgan fingerprint density at radius 1 is 1.50 bits per heavy atom. The molecule has 1 N–H and O–H groups in total. The van der Waals surface area contributed by atoms with Crippen molar-refractivity contribution < 1.29 is 0 Å². The maximum atomic E-state index is 8.66. The Kier molecular flexibility index (Phi) is 1.92. The molecule has 0 radical (unpaired) electrons. The number of hydrogen-bond acceptors (Lipinski definition) is 3. The van der Waals surface area contributed by atoms with Gasteiger partial charge in [-0.25, -0.2) is 0 Å². The third-order valence-electron chi connectivity index (χ3n) is 1.79. The largest absolute Gasteiger partial charge is 0.383 e. The van der Waals surface area contributed by atoms with Gasteiger partial charge in [-0.3, -0.25) is 0 Å². The molecule has 0 spiro atoms. The summed E-state index contributed by atoms with van der Waals surface area (Å²) in [6, 6.07) is 7.89. The summed E-state index contributed by atoms with van der Waals surface area (Å²) in [5.41, 5.74) is 1.90. The molecule has 1 aromatic carbocycles. The van der Waals surface area contributed by atoms with Crippen LogP contribution in [0.2, 0.25) is 0 Å². The molecule has 0 fully saturated rings. The molecule has 0 atom stereocenters. The summed E-state index contributed by atoms with van der Waals surface area (Å²) in [6.07, 6.45) is 0. The van der Waals surface area contributed by atoms with Crippen molar-refractivity contribution in [1.29, 1.82) is 5.26 Å². The van der Waals surface area contributed by atoms with Crippen LogP contribution in [0.15, 0.2) is 23.1 Å². The summed E-state index contributed by atoms with van der Waals surface area (Å²) in [6.45, 7) is 1.02. The van der Waals surface area contributed by atoms with Crippen LogP contribution in [0.25, 0.3) is 0 Å². The van der Waals surface area contributed by atoms with Gasteiger partial charge in [0.05, 0.1) is 11.6 Å². The van der Waals surface area contributed by atoms with E-state index in [9.17, 15) is 0 Å². The van der Waals surface area contributed by atoms with Crippen LogP contribution in [-0.2, 0) is 0 Å². The second-order valence-corrected chi connectivity index (χ2v) is 3.73. The van der Waals surface area contributed by atoms with E-state index in [-0.39, 0.29) is 0 Å². The second-order valence-electron chi connectivity index (χ2n) is 2.60. The Morgan fingerprint density at radius 2 is 2.42 bits per heavy atom. The van der Waals surface area contributed by atoms with Gasteiger partial charge in [0.2, 0.25) is 0 Å². The average molecular weight is 176 g/mol. The molecule has 1 aromatic rings. The number of thioether (sulfide) groups is 1. The van der Waals surface area contributed by atoms with Crippen LogP contribution in [-0.4, -0.2) is 12.3 Å². The average Bonchev–Trinajstić information content (AvgIpc) is 2.17. The fourth-order valence-corrected chi connectivity index (χ4v) is 2.13. The lowest BCUT2D eigenvalue weighted by atomic mass is 10.2. The Balaban J connectivity index is 2.44. The van der Waals surface area contributed by atoms with Crippen LogP contribution in [0.4, 0.5) is 5.69 Å². The van der Waals surface area contributed by atoms with Crippen LogP contribution in [0, 0.1) is 11.3 Å². The van der Waals surface area contributed by atoms with Crippen molar-refractivity contribution in [3.8, 4) is 6.07 Å². The normalized spacial score (nSPS) is 14.2.